The van der Waals surface area contributed by atoms with Crippen molar-refractivity contribution in [3.63, 3.8) is 0 Å². The smallest absolute Gasteiger partial charge is 0.293 e. The van der Waals surface area contributed by atoms with E-state index in [1.807, 2.05) is 20.8 Å². The fraction of sp³-hybridized carbons (Fsp3) is 0.857. The molecule has 0 amide bonds. The lowest BCUT2D eigenvalue weighted by Crippen LogP contribution is -2.37. The number of hydrogen-bond acceptors (Lipinski definition) is 3. The summed E-state index contributed by atoms with van der Waals surface area (Å²) in [5.74, 6) is 0. The standard InChI is InChI=1S/C7H15NO2/c1-4-8-5-7(2,3)10-6-9/h6,8H,4-5H2,1-3H3. The molecule has 0 aromatic rings. The van der Waals surface area contributed by atoms with E-state index in [2.05, 4.69) is 5.32 Å². The van der Waals surface area contributed by atoms with E-state index in [1.165, 1.54) is 0 Å². The number of likely N-dealkylation sites (N-methyl/N-ethyl adjacent to an activating group) is 1. The predicted octanol–water partition coefficient (Wildman–Crippen LogP) is 0.547. The second kappa shape index (κ2) is 4.28. The van der Waals surface area contributed by atoms with Crippen LogP contribution in [0.15, 0.2) is 0 Å². The first-order chi connectivity index (χ1) is 4.62. The van der Waals surface area contributed by atoms with Crippen molar-refractivity contribution in [1.82, 2.24) is 5.32 Å². The first kappa shape index (κ1) is 9.43. The molecule has 0 unspecified atom stereocenters. The molecule has 0 fully saturated rings. The number of nitrogens with one attached hydrogen (secondary N) is 1. The molecule has 3 heteroatoms. The van der Waals surface area contributed by atoms with E-state index in [1.54, 1.807) is 0 Å². The number of rotatable bonds is 5. The Morgan fingerprint density at radius 3 is 2.60 bits per heavy atom. The van der Waals surface area contributed by atoms with Gasteiger partial charge < -0.3 is 10.1 Å². The van der Waals surface area contributed by atoms with E-state index in [4.69, 9.17) is 4.74 Å². The van der Waals surface area contributed by atoms with E-state index < -0.39 is 0 Å². The summed E-state index contributed by atoms with van der Waals surface area (Å²) in [6.07, 6.45) is 0. The average molecular weight is 145 g/mol. The molecular weight excluding hydrogens is 130 g/mol. The highest BCUT2D eigenvalue weighted by Crippen LogP contribution is 2.04. The van der Waals surface area contributed by atoms with Crippen molar-refractivity contribution < 1.29 is 9.53 Å². The number of carbonyl (C=O) groups is 1. The summed E-state index contributed by atoms with van der Waals surface area (Å²) >= 11 is 0. The summed E-state index contributed by atoms with van der Waals surface area (Å²) in [5, 5.41) is 3.09. The van der Waals surface area contributed by atoms with Crippen molar-refractivity contribution in [1.29, 1.82) is 0 Å². The van der Waals surface area contributed by atoms with Crippen molar-refractivity contribution in [2.24, 2.45) is 0 Å². The van der Waals surface area contributed by atoms with Gasteiger partial charge in [-0.2, -0.15) is 0 Å². The Balaban J connectivity index is 3.51. The largest absolute Gasteiger partial charge is 0.461 e. The zero-order chi connectivity index (χ0) is 8.04. The van der Waals surface area contributed by atoms with Crippen LogP contribution in [-0.4, -0.2) is 25.2 Å². The van der Waals surface area contributed by atoms with Crippen LogP contribution in [0.3, 0.4) is 0 Å². The van der Waals surface area contributed by atoms with Crippen molar-refractivity contribution >= 4 is 6.47 Å². The second-order valence-electron chi connectivity index (χ2n) is 2.75. The molecule has 10 heavy (non-hydrogen) atoms. The Morgan fingerprint density at radius 1 is 1.60 bits per heavy atom. The van der Waals surface area contributed by atoms with Crippen LogP contribution in [0.5, 0.6) is 0 Å². The van der Waals surface area contributed by atoms with Crippen LogP contribution < -0.4 is 5.32 Å². The second-order valence-corrected chi connectivity index (χ2v) is 2.75. The summed E-state index contributed by atoms with van der Waals surface area (Å²) in [7, 11) is 0. The Bertz CT molecular complexity index is 102. The third-order valence-electron chi connectivity index (χ3n) is 1.17. The van der Waals surface area contributed by atoms with Gasteiger partial charge in [0, 0.05) is 6.54 Å². The van der Waals surface area contributed by atoms with Gasteiger partial charge in [0.15, 0.2) is 0 Å². The van der Waals surface area contributed by atoms with Crippen LogP contribution in [0.4, 0.5) is 0 Å². The van der Waals surface area contributed by atoms with Crippen LogP contribution >= 0.6 is 0 Å². The van der Waals surface area contributed by atoms with Gasteiger partial charge in [0.25, 0.3) is 6.47 Å². The molecule has 1 N–H and O–H groups in total. The molecule has 0 atom stereocenters. The van der Waals surface area contributed by atoms with Gasteiger partial charge in [-0.1, -0.05) is 6.92 Å². The first-order valence-corrected chi connectivity index (χ1v) is 3.44. The monoisotopic (exact) mass is 145 g/mol. The van der Waals surface area contributed by atoms with E-state index in [9.17, 15) is 4.79 Å². The normalized spacial score (nSPS) is 11.1. The minimum atomic E-state index is -0.377. The van der Waals surface area contributed by atoms with Gasteiger partial charge in [-0.25, -0.2) is 0 Å². The maximum absolute atomic E-state index is 9.93. The number of carbonyl (C=O) groups excluding carboxylic acids is 1. The van der Waals surface area contributed by atoms with E-state index in [0.717, 1.165) is 6.54 Å². The zero-order valence-corrected chi connectivity index (χ0v) is 6.81. The molecule has 0 saturated carbocycles. The van der Waals surface area contributed by atoms with Crippen molar-refractivity contribution in [2.45, 2.75) is 26.4 Å². The van der Waals surface area contributed by atoms with Crippen LogP contribution in [0.2, 0.25) is 0 Å². The molecule has 0 rings (SSSR count). The Morgan fingerprint density at radius 2 is 2.20 bits per heavy atom. The van der Waals surface area contributed by atoms with Crippen LogP contribution in [0.25, 0.3) is 0 Å². The number of ether oxygens (including phenoxy) is 1. The lowest BCUT2D eigenvalue weighted by molar-refractivity contribution is -0.139. The van der Waals surface area contributed by atoms with Gasteiger partial charge in [0.05, 0.1) is 0 Å². The molecule has 0 aliphatic heterocycles. The third kappa shape index (κ3) is 4.32. The highest BCUT2D eigenvalue weighted by molar-refractivity contribution is 5.38. The Labute approximate surface area is 61.8 Å². The fourth-order valence-electron chi connectivity index (χ4n) is 0.598. The maximum Gasteiger partial charge on any atom is 0.293 e. The molecule has 0 heterocycles. The van der Waals surface area contributed by atoms with Crippen molar-refractivity contribution in [3.05, 3.63) is 0 Å². The van der Waals surface area contributed by atoms with E-state index >= 15 is 0 Å². The van der Waals surface area contributed by atoms with Crippen molar-refractivity contribution in [2.75, 3.05) is 13.1 Å². The Kier molecular flexibility index (Phi) is 4.03. The van der Waals surface area contributed by atoms with Gasteiger partial charge in [0.1, 0.15) is 5.60 Å². The van der Waals surface area contributed by atoms with Crippen LogP contribution in [-0.2, 0) is 9.53 Å². The fourth-order valence-corrected chi connectivity index (χ4v) is 0.598. The molecule has 60 valence electrons. The summed E-state index contributed by atoms with van der Waals surface area (Å²) in [5.41, 5.74) is -0.377. The van der Waals surface area contributed by atoms with Crippen LogP contribution in [0.1, 0.15) is 20.8 Å². The molecular formula is C7H15NO2. The molecule has 0 spiro atoms. The highest BCUT2D eigenvalue weighted by atomic mass is 16.5. The lowest BCUT2D eigenvalue weighted by atomic mass is 10.1. The minimum Gasteiger partial charge on any atom is -0.461 e. The molecule has 0 bridgehead atoms. The van der Waals surface area contributed by atoms with Crippen molar-refractivity contribution in [3.8, 4) is 0 Å². The van der Waals surface area contributed by atoms with Crippen LogP contribution in [0, 0.1) is 0 Å². The summed E-state index contributed by atoms with van der Waals surface area (Å²) in [6.45, 7) is 7.82. The average Bonchev–Trinajstić information content (AvgIpc) is 1.84. The van der Waals surface area contributed by atoms with Gasteiger partial charge in [-0.3, -0.25) is 4.79 Å². The van der Waals surface area contributed by atoms with E-state index in [0.29, 0.717) is 13.0 Å². The topological polar surface area (TPSA) is 38.3 Å². The molecule has 0 radical (unpaired) electrons. The highest BCUT2D eigenvalue weighted by Gasteiger charge is 2.16. The molecule has 0 aliphatic carbocycles. The molecule has 0 aliphatic rings. The number of hydrogen-bond donors (Lipinski definition) is 1. The van der Waals surface area contributed by atoms with Gasteiger partial charge >= 0.3 is 0 Å². The summed E-state index contributed by atoms with van der Waals surface area (Å²) < 4.78 is 4.79. The SMILES string of the molecule is CCNCC(C)(C)OC=O. The Hall–Kier alpha value is -0.570. The minimum absolute atomic E-state index is 0.377. The quantitative estimate of drug-likeness (QED) is 0.574. The summed E-state index contributed by atoms with van der Waals surface area (Å²) in [4.78, 5) is 9.93. The molecule has 0 aromatic carbocycles. The predicted molar refractivity (Wildman–Crippen MR) is 39.8 cm³/mol. The summed E-state index contributed by atoms with van der Waals surface area (Å²) in [6, 6.07) is 0. The zero-order valence-electron chi connectivity index (χ0n) is 6.81. The van der Waals surface area contributed by atoms with Gasteiger partial charge in [-0.15, -0.1) is 0 Å². The lowest BCUT2D eigenvalue weighted by Gasteiger charge is -2.22. The molecule has 3 nitrogen and oxygen atoms in total. The molecule has 0 aromatic heterocycles. The molecule has 0 saturated heterocycles. The third-order valence-corrected chi connectivity index (χ3v) is 1.17. The van der Waals surface area contributed by atoms with Gasteiger partial charge in [-0.05, 0) is 20.4 Å². The first-order valence-electron chi connectivity index (χ1n) is 3.44. The van der Waals surface area contributed by atoms with Gasteiger partial charge in [0.2, 0.25) is 0 Å². The maximum atomic E-state index is 9.93. The van der Waals surface area contributed by atoms with E-state index in [-0.39, 0.29) is 5.60 Å².